The Balaban J connectivity index is 1.36. The van der Waals surface area contributed by atoms with Crippen LogP contribution in [0.15, 0.2) is 0 Å². The van der Waals surface area contributed by atoms with Crippen LogP contribution in [0.25, 0.3) is 0 Å². The van der Waals surface area contributed by atoms with Crippen molar-refractivity contribution in [2.75, 3.05) is 13.2 Å². The molecule has 22 heavy (non-hydrogen) atoms. The van der Waals surface area contributed by atoms with Crippen LogP contribution in [0.4, 0.5) is 0 Å². The van der Waals surface area contributed by atoms with Crippen LogP contribution >= 0.6 is 0 Å². The van der Waals surface area contributed by atoms with Crippen molar-refractivity contribution in [2.45, 2.75) is 82.9 Å². The van der Waals surface area contributed by atoms with E-state index in [1.165, 1.54) is 6.42 Å². The molecule has 0 amide bonds. The van der Waals surface area contributed by atoms with Gasteiger partial charge in [-0.1, -0.05) is 0 Å². The lowest BCUT2D eigenvalue weighted by atomic mass is 9.87. The zero-order valence-corrected chi connectivity index (χ0v) is 13.3. The second-order valence-corrected chi connectivity index (χ2v) is 6.64. The predicted molar refractivity (Wildman–Crippen MR) is 80.1 cm³/mol. The van der Waals surface area contributed by atoms with Crippen LogP contribution in [0.2, 0.25) is 0 Å². The third kappa shape index (κ3) is 4.67. The lowest BCUT2D eigenvalue weighted by Crippen LogP contribution is -2.34. The largest absolute Gasteiger partial charge is 0.436 e. The molecular formula is C17H28O5. The average molecular weight is 312 g/mol. The number of hydrogen-bond donors (Lipinski definition) is 0. The number of carbonyl (C=O) groups excluding carboxylic acids is 1. The minimum absolute atomic E-state index is 0.0117. The third-order valence-corrected chi connectivity index (χ3v) is 4.88. The molecule has 3 aliphatic rings. The monoisotopic (exact) mass is 312 g/mol. The first-order valence-electron chi connectivity index (χ1n) is 8.90. The Morgan fingerprint density at radius 3 is 2.00 bits per heavy atom. The molecule has 2 heterocycles. The van der Waals surface area contributed by atoms with Crippen molar-refractivity contribution in [1.29, 1.82) is 0 Å². The van der Waals surface area contributed by atoms with Crippen molar-refractivity contribution in [2.24, 2.45) is 5.92 Å². The number of esters is 1. The van der Waals surface area contributed by atoms with Crippen molar-refractivity contribution in [1.82, 2.24) is 0 Å². The molecule has 0 N–H and O–H groups in total. The third-order valence-electron chi connectivity index (χ3n) is 4.88. The Morgan fingerprint density at radius 2 is 1.41 bits per heavy atom. The molecule has 1 aliphatic carbocycles. The first kappa shape index (κ1) is 16.2. The van der Waals surface area contributed by atoms with Crippen molar-refractivity contribution in [3.63, 3.8) is 0 Å². The fourth-order valence-corrected chi connectivity index (χ4v) is 3.50. The zero-order valence-electron chi connectivity index (χ0n) is 13.3. The van der Waals surface area contributed by atoms with E-state index in [9.17, 15) is 4.79 Å². The molecule has 2 atom stereocenters. The SMILES string of the molecule is O=C(OC1CCCCO1)C1CCC(OC2CCCCO2)CC1. The summed E-state index contributed by atoms with van der Waals surface area (Å²) in [5, 5.41) is 0. The van der Waals surface area contributed by atoms with Gasteiger partial charge in [-0.3, -0.25) is 4.79 Å². The highest BCUT2D eigenvalue weighted by atomic mass is 16.7. The van der Waals surface area contributed by atoms with Gasteiger partial charge in [0.05, 0.1) is 18.6 Å². The average Bonchev–Trinajstić information content (AvgIpc) is 2.57. The topological polar surface area (TPSA) is 54.0 Å². The standard InChI is InChI=1S/C17H28O5/c18-17(22-16-6-2-4-12-20-16)13-7-9-14(10-8-13)21-15-5-1-3-11-19-15/h13-16H,1-12H2. The Hall–Kier alpha value is -0.650. The molecule has 5 nitrogen and oxygen atoms in total. The molecule has 2 unspecified atom stereocenters. The van der Waals surface area contributed by atoms with Gasteiger partial charge in [0.1, 0.15) is 0 Å². The Kier molecular flexibility index (Phi) is 6.10. The summed E-state index contributed by atoms with van der Waals surface area (Å²) in [6, 6.07) is 0. The molecule has 1 saturated carbocycles. The van der Waals surface area contributed by atoms with Gasteiger partial charge in [-0.05, 0) is 57.8 Å². The second-order valence-electron chi connectivity index (χ2n) is 6.64. The van der Waals surface area contributed by atoms with Gasteiger partial charge in [0.25, 0.3) is 0 Å². The molecule has 0 aromatic rings. The maximum atomic E-state index is 12.2. The maximum absolute atomic E-state index is 12.2. The summed E-state index contributed by atoms with van der Waals surface area (Å²) >= 11 is 0. The van der Waals surface area contributed by atoms with Gasteiger partial charge in [0, 0.05) is 13.0 Å². The number of ether oxygens (including phenoxy) is 4. The highest BCUT2D eigenvalue weighted by Gasteiger charge is 2.31. The van der Waals surface area contributed by atoms with Crippen LogP contribution < -0.4 is 0 Å². The number of carbonyl (C=O) groups is 1. The first-order valence-corrected chi connectivity index (χ1v) is 8.90. The minimum atomic E-state index is -0.314. The molecule has 0 radical (unpaired) electrons. The van der Waals surface area contributed by atoms with Crippen molar-refractivity contribution in [3.05, 3.63) is 0 Å². The highest BCUT2D eigenvalue weighted by molar-refractivity contribution is 5.72. The Labute approximate surface area is 132 Å². The van der Waals surface area contributed by atoms with Crippen LogP contribution in [0, 0.1) is 5.92 Å². The Bertz CT molecular complexity index is 339. The summed E-state index contributed by atoms with van der Waals surface area (Å²) in [6.07, 6.45) is 9.75. The van der Waals surface area contributed by atoms with Crippen LogP contribution in [-0.2, 0) is 23.7 Å². The Morgan fingerprint density at radius 1 is 0.773 bits per heavy atom. The summed E-state index contributed by atoms with van der Waals surface area (Å²) in [4.78, 5) is 12.2. The molecule has 2 saturated heterocycles. The lowest BCUT2D eigenvalue weighted by Gasteiger charge is -2.32. The summed E-state index contributed by atoms with van der Waals surface area (Å²) in [6.45, 7) is 1.52. The molecule has 0 aromatic heterocycles. The molecule has 0 aromatic carbocycles. The number of hydrogen-bond acceptors (Lipinski definition) is 5. The molecule has 0 spiro atoms. The normalized spacial score (nSPS) is 36.7. The van der Waals surface area contributed by atoms with E-state index in [1.54, 1.807) is 0 Å². The van der Waals surface area contributed by atoms with Gasteiger partial charge in [0.2, 0.25) is 6.29 Å². The second kappa shape index (κ2) is 8.27. The van der Waals surface area contributed by atoms with E-state index in [0.717, 1.165) is 64.4 Å². The maximum Gasteiger partial charge on any atom is 0.311 e. The van der Waals surface area contributed by atoms with Gasteiger partial charge in [-0.2, -0.15) is 0 Å². The quantitative estimate of drug-likeness (QED) is 0.746. The van der Waals surface area contributed by atoms with Gasteiger partial charge in [-0.15, -0.1) is 0 Å². The number of rotatable bonds is 4. The van der Waals surface area contributed by atoms with E-state index >= 15 is 0 Å². The molecule has 3 fully saturated rings. The van der Waals surface area contributed by atoms with E-state index in [2.05, 4.69) is 0 Å². The predicted octanol–water partition coefficient (Wildman–Crippen LogP) is 3.16. The van der Waals surface area contributed by atoms with E-state index in [-0.39, 0.29) is 30.6 Å². The van der Waals surface area contributed by atoms with E-state index < -0.39 is 0 Å². The van der Waals surface area contributed by atoms with Gasteiger partial charge in [-0.25, -0.2) is 0 Å². The lowest BCUT2D eigenvalue weighted by molar-refractivity contribution is -0.201. The minimum Gasteiger partial charge on any atom is -0.436 e. The first-order chi connectivity index (χ1) is 10.8. The molecule has 5 heteroatoms. The van der Waals surface area contributed by atoms with Crippen LogP contribution in [-0.4, -0.2) is 37.9 Å². The van der Waals surface area contributed by atoms with Crippen molar-refractivity contribution < 1.29 is 23.7 Å². The summed E-state index contributed by atoms with van der Waals surface area (Å²) in [7, 11) is 0. The smallest absolute Gasteiger partial charge is 0.311 e. The summed E-state index contributed by atoms with van der Waals surface area (Å²) in [5.74, 6) is -0.0723. The molecule has 0 bridgehead atoms. The van der Waals surface area contributed by atoms with Gasteiger partial charge in [0.15, 0.2) is 6.29 Å². The van der Waals surface area contributed by atoms with E-state index in [4.69, 9.17) is 18.9 Å². The van der Waals surface area contributed by atoms with Crippen molar-refractivity contribution in [3.8, 4) is 0 Å². The fraction of sp³-hybridized carbons (Fsp3) is 0.941. The molecule has 2 aliphatic heterocycles. The zero-order chi connectivity index (χ0) is 15.2. The van der Waals surface area contributed by atoms with Crippen LogP contribution in [0.3, 0.4) is 0 Å². The fourth-order valence-electron chi connectivity index (χ4n) is 3.50. The van der Waals surface area contributed by atoms with Gasteiger partial charge >= 0.3 is 5.97 Å². The van der Waals surface area contributed by atoms with E-state index in [1.807, 2.05) is 0 Å². The van der Waals surface area contributed by atoms with Crippen molar-refractivity contribution >= 4 is 5.97 Å². The van der Waals surface area contributed by atoms with Crippen LogP contribution in [0.1, 0.15) is 64.2 Å². The molecule has 3 rings (SSSR count). The molecule has 126 valence electrons. The van der Waals surface area contributed by atoms with E-state index in [0.29, 0.717) is 6.61 Å². The van der Waals surface area contributed by atoms with Crippen LogP contribution in [0.5, 0.6) is 0 Å². The highest BCUT2D eigenvalue weighted by Crippen LogP contribution is 2.30. The van der Waals surface area contributed by atoms with Gasteiger partial charge < -0.3 is 18.9 Å². The summed E-state index contributed by atoms with van der Waals surface area (Å²) in [5.41, 5.74) is 0. The molecular weight excluding hydrogens is 284 g/mol. The summed E-state index contributed by atoms with van der Waals surface area (Å²) < 4.78 is 22.6.